The molecule has 0 radical (unpaired) electrons. The minimum atomic E-state index is -0.594. The first-order chi connectivity index (χ1) is 16.9. The maximum Gasteiger partial charge on any atom is 0.343 e. The van der Waals surface area contributed by atoms with Crippen LogP contribution < -0.4 is 29.1 Å². The lowest BCUT2D eigenvalue weighted by molar-refractivity contribution is -0.123. The van der Waals surface area contributed by atoms with Crippen molar-refractivity contribution in [1.29, 1.82) is 0 Å². The Labute approximate surface area is 210 Å². The van der Waals surface area contributed by atoms with Crippen molar-refractivity contribution in [3.05, 3.63) is 76.3 Å². The number of ether oxygens (including phenoxy) is 5. The molecule has 3 aromatic rings. The van der Waals surface area contributed by atoms with Gasteiger partial charge in [-0.1, -0.05) is 12.1 Å². The second-order valence-electron chi connectivity index (χ2n) is 6.88. The predicted molar refractivity (Wildman–Crippen MR) is 133 cm³/mol. The molecule has 0 atom stereocenters. The summed E-state index contributed by atoms with van der Waals surface area (Å²) in [5, 5.41) is 3.91. The Morgan fingerprint density at radius 1 is 0.914 bits per heavy atom. The van der Waals surface area contributed by atoms with Gasteiger partial charge in [-0.05, 0) is 70.0 Å². The van der Waals surface area contributed by atoms with Crippen molar-refractivity contribution >= 4 is 34.0 Å². The summed E-state index contributed by atoms with van der Waals surface area (Å²) in [6.07, 6.45) is 1.46. The Morgan fingerprint density at radius 3 is 2.17 bits per heavy atom. The van der Waals surface area contributed by atoms with Crippen molar-refractivity contribution < 1.29 is 33.3 Å². The molecule has 0 aliphatic carbocycles. The van der Waals surface area contributed by atoms with Crippen LogP contribution in [-0.4, -0.2) is 46.0 Å². The number of nitrogens with one attached hydrogen (secondary N) is 1. The number of amides is 1. The Morgan fingerprint density at radius 2 is 1.57 bits per heavy atom. The van der Waals surface area contributed by atoms with Gasteiger partial charge >= 0.3 is 5.97 Å². The van der Waals surface area contributed by atoms with Gasteiger partial charge in [0.25, 0.3) is 5.91 Å². The van der Waals surface area contributed by atoms with Crippen LogP contribution in [0.5, 0.6) is 28.7 Å². The molecule has 1 amide bonds. The van der Waals surface area contributed by atoms with Crippen LogP contribution >= 0.6 is 15.9 Å². The summed E-state index contributed by atoms with van der Waals surface area (Å²) in [6, 6.07) is 16.8. The van der Waals surface area contributed by atoms with E-state index in [2.05, 4.69) is 26.5 Å². The second-order valence-corrected chi connectivity index (χ2v) is 7.74. The number of halogens is 1. The number of benzene rings is 3. The topological polar surface area (TPSA) is 105 Å². The van der Waals surface area contributed by atoms with Crippen LogP contribution in [0.2, 0.25) is 0 Å². The van der Waals surface area contributed by atoms with Crippen molar-refractivity contribution in [1.82, 2.24) is 5.43 Å². The highest BCUT2D eigenvalue weighted by molar-refractivity contribution is 9.10. The molecule has 0 aromatic heterocycles. The van der Waals surface area contributed by atoms with E-state index in [1.165, 1.54) is 39.7 Å². The molecule has 182 valence electrons. The van der Waals surface area contributed by atoms with E-state index in [9.17, 15) is 9.59 Å². The summed E-state index contributed by atoms with van der Waals surface area (Å²) < 4.78 is 27.4. The van der Waals surface area contributed by atoms with Crippen LogP contribution in [0, 0.1) is 0 Å². The summed E-state index contributed by atoms with van der Waals surface area (Å²) >= 11 is 3.35. The zero-order valence-electron chi connectivity index (χ0n) is 19.2. The molecule has 0 aliphatic heterocycles. The highest BCUT2D eigenvalue weighted by Gasteiger charge is 2.18. The summed E-state index contributed by atoms with van der Waals surface area (Å²) in [5.41, 5.74) is 3.31. The monoisotopic (exact) mass is 542 g/mol. The molecule has 0 aliphatic rings. The molecular formula is C25H23BrN2O7. The van der Waals surface area contributed by atoms with Crippen LogP contribution in [-0.2, 0) is 4.79 Å². The maximum absolute atomic E-state index is 12.6. The van der Waals surface area contributed by atoms with E-state index < -0.39 is 11.9 Å². The number of nitrogens with zero attached hydrogens (tertiary/aromatic N) is 1. The molecule has 3 rings (SSSR count). The van der Waals surface area contributed by atoms with Crippen molar-refractivity contribution in [3.63, 3.8) is 0 Å². The minimum absolute atomic E-state index is 0.185. The largest absolute Gasteiger partial charge is 0.493 e. The number of carbonyl (C=O) groups excluding carboxylic acids is 2. The first-order valence-corrected chi connectivity index (χ1v) is 11.1. The van der Waals surface area contributed by atoms with Crippen LogP contribution in [0.15, 0.2) is 70.2 Å². The number of rotatable bonds is 10. The maximum atomic E-state index is 12.6. The highest BCUT2D eigenvalue weighted by Crippen LogP contribution is 2.38. The van der Waals surface area contributed by atoms with E-state index in [0.717, 1.165) is 4.47 Å². The summed E-state index contributed by atoms with van der Waals surface area (Å²) in [5.74, 6) is 0.941. The number of para-hydroxylation sites is 1. The number of methoxy groups -OCH3 is 3. The first-order valence-electron chi connectivity index (χ1n) is 10.3. The van der Waals surface area contributed by atoms with Gasteiger partial charge in [-0.15, -0.1) is 0 Å². The van der Waals surface area contributed by atoms with Crippen LogP contribution in [0.25, 0.3) is 0 Å². The van der Waals surface area contributed by atoms with E-state index >= 15 is 0 Å². The molecule has 0 saturated heterocycles. The number of esters is 1. The van der Waals surface area contributed by atoms with Crippen molar-refractivity contribution in [2.24, 2.45) is 5.10 Å². The Kier molecular flexibility index (Phi) is 9.08. The average molecular weight is 543 g/mol. The van der Waals surface area contributed by atoms with Gasteiger partial charge in [0.1, 0.15) is 11.5 Å². The zero-order chi connectivity index (χ0) is 25.2. The first kappa shape index (κ1) is 25.6. The third-order valence-corrected chi connectivity index (χ3v) is 5.24. The second kappa shape index (κ2) is 12.4. The standard InChI is InChI=1S/C25H23BrN2O7/c1-31-21-12-17(13-22(32-2)24(21)33-3)25(30)35-18-10-8-16(9-11-18)14-27-28-23(29)15-34-20-7-5-4-6-19(20)26/h4-14H,15H2,1-3H3,(H,28,29). The van der Waals surface area contributed by atoms with Crippen molar-refractivity contribution in [2.75, 3.05) is 27.9 Å². The van der Waals surface area contributed by atoms with Crippen molar-refractivity contribution in [2.45, 2.75) is 0 Å². The van der Waals surface area contributed by atoms with Crippen LogP contribution in [0.4, 0.5) is 0 Å². The van der Waals surface area contributed by atoms with Gasteiger partial charge in [0, 0.05) is 0 Å². The van der Waals surface area contributed by atoms with Gasteiger partial charge in [0.15, 0.2) is 18.1 Å². The Hall–Kier alpha value is -4.05. The molecule has 1 N–H and O–H groups in total. The van der Waals surface area contributed by atoms with Gasteiger partial charge in [-0.25, -0.2) is 10.2 Å². The number of carbonyl (C=O) groups is 2. The molecule has 35 heavy (non-hydrogen) atoms. The fourth-order valence-electron chi connectivity index (χ4n) is 2.90. The summed E-state index contributed by atoms with van der Waals surface area (Å²) in [4.78, 5) is 24.5. The third kappa shape index (κ3) is 6.97. The minimum Gasteiger partial charge on any atom is -0.493 e. The summed E-state index contributed by atoms with van der Waals surface area (Å²) in [7, 11) is 4.40. The number of hydrogen-bond acceptors (Lipinski definition) is 8. The number of hydrogen-bond donors (Lipinski definition) is 1. The quantitative estimate of drug-likeness (QED) is 0.177. The van der Waals surface area contributed by atoms with E-state index in [0.29, 0.717) is 34.3 Å². The van der Waals surface area contributed by atoms with Crippen LogP contribution in [0.3, 0.4) is 0 Å². The highest BCUT2D eigenvalue weighted by atomic mass is 79.9. The van der Waals surface area contributed by atoms with Gasteiger partial charge < -0.3 is 23.7 Å². The van der Waals surface area contributed by atoms with Gasteiger partial charge in [-0.3, -0.25) is 4.79 Å². The lowest BCUT2D eigenvalue weighted by Gasteiger charge is -2.13. The van der Waals surface area contributed by atoms with E-state index in [-0.39, 0.29) is 12.2 Å². The molecule has 0 unspecified atom stereocenters. The predicted octanol–water partition coefficient (Wildman–Crippen LogP) is 4.22. The van der Waals surface area contributed by atoms with E-state index in [4.69, 9.17) is 23.7 Å². The lowest BCUT2D eigenvalue weighted by Crippen LogP contribution is -2.24. The zero-order valence-corrected chi connectivity index (χ0v) is 20.8. The molecule has 0 fully saturated rings. The third-order valence-electron chi connectivity index (χ3n) is 4.59. The Bertz CT molecular complexity index is 1190. The molecule has 0 bridgehead atoms. The van der Waals surface area contributed by atoms with E-state index in [1.807, 2.05) is 18.2 Å². The van der Waals surface area contributed by atoms with Gasteiger partial charge in [0.05, 0.1) is 37.6 Å². The van der Waals surface area contributed by atoms with Gasteiger partial charge in [-0.2, -0.15) is 5.10 Å². The molecule has 0 spiro atoms. The molecular weight excluding hydrogens is 520 g/mol. The smallest absolute Gasteiger partial charge is 0.343 e. The fourth-order valence-corrected chi connectivity index (χ4v) is 3.30. The summed E-state index contributed by atoms with van der Waals surface area (Å²) in [6.45, 7) is -0.185. The normalized spacial score (nSPS) is 10.5. The SMILES string of the molecule is COc1cc(C(=O)Oc2ccc(C=NNC(=O)COc3ccccc3Br)cc2)cc(OC)c1OC. The van der Waals surface area contributed by atoms with Gasteiger partial charge in [0.2, 0.25) is 5.75 Å². The molecule has 0 saturated carbocycles. The number of hydrazone groups is 1. The molecule has 10 heteroatoms. The van der Waals surface area contributed by atoms with Crippen molar-refractivity contribution in [3.8, 4) is 28.7 Å². The molecule has 3 aromatic carbocycles. The molecule has 9 nitrogen and oxygen atoms in total. The molecule has 0 heterocycles. The Balaban J connectivity index is 1.55. The van der Waals surface area contributed by atoms with Crippen LogP contribution in [0.1, 0.15) is 15.9 Å². The fraction of sp³-hybridized carbons (Fsp3) is 0.160. The van der Waals surface area contributed by atoms with E-state index in [1.54, 1.807) is 30.3 Å². The average Bonchev–Trinajstić information content (AvgIpc) is 2.88. The lowest BCUT2D eigenvalue weighted by atomic mass is 10.2.